The van der Waals surface area contributed by atoms with E-state index in [0.717, 1.165) is 35.1 Å². The van der Waals surface area contributed by atoms with Crippen LogP contribution in [0.1, 0.15) is 37.8 Å². The normalized spacial score (nSPS) is 18.2. The van der Waals surface area contributed by atoms with Crippen LogP contribution >= 0.6 is 7.82 Å². The molecule has 2 aliphatic carbocycles. The maximum Gasteiger partial charge on any atom is 0.647 e. The molecule has 2 aliphatic rings. The molecule has 3 aromatic carbocycles. The predicted octanol–water partition coefficient (Wildman–Crippen LogP) is 9.42. The van der Waals surface area contributed by atoms with Gasteiger partial charge in [0.15, 0.2) is 0 Å². The number of hydrogen-bond acceptors (Lipinski definition) is 6. The topological polar surface area (TPSA) is 85.2 Å². The van der Waals surface area contributed by atoms with Crippen molar-refractivity contribution in [1.82, 2.24) is 0 Å². The van der Waals surface area contributed by atoms with Gasteiger partial charge in [0, 0.05) is 0 Å². The highest BCUT2D eigenvalue weighted by Gasteiger charge is 2.34. The monoisotopic (exact) mass is 594 g/mol. The molecule has 0 atom stereocenters. The summed E-state index contributed by atoms with van der Waals surface area (Å²) >= 11 is 0. The minimum absolute atomic E-state index is 0.248. The molecule has 3 aromatic rings. The summed E-state index contributed by atoms with van der Waals surface area (Å²) in [5, 5.41) is 19.1. The molecule has 0 saturated carbocycles. The smallest absolute Gasteiger partial charge is 0.508 e. The van der Waals surface area contributed by atoms with E-state index in [2.05, 4.69) is 13.8 Å². The molecule has 0 saturated heterocycles. The summed E-state index contributed by atoms with van der Waals surface area (Å²) in [6.07, 6.45) is 14.0. The van der Waals surface area contributed by atoms with Crippen molar-refractivity contribution in [1.29, 1.82) is 0 Å². The number of aromatic hydroxyl groups is 2. The van der Waals surface area contributed by atoms with Crippen LogP contribution in [0.3, 0.4) is 0 Å². The van der Waals surface area contributed by atoms with Crippen LogP contribution in [-0.4, -0.2) is 10.2 Å². The van der Waals surface area contributed by atoms with E-state index < -0.39 is 7.82 Å². The van der Waals surface area contributed by atoms with E-state index >= 15 is 0 Å². The van der Waals surface area contributed by atoms with Gasteiger partial charge in [0.1, 0.15) is 28.8 Å². The van der Waals surface area contributed by atoms with Gasteiger partial charge in [-0.3, -0.25) is 0 Å². The fourth-order valence-electron chi connectivity index (χ4n) is 4.82. The van der Waals surface area contributed by atoms with Crippen molar-refractivity contribution in [2.24, 2.45) is 0 Å². The highest BCUT2D eigenvalue weighted by Crippen LogP contribution is 2.54. The number of phenols is 2. The summed E-state index contributed by atoms with van der Waals surface area (Å²) < 4.78 is 31.7. The highest BCUT2D eigenvalue weighted by molar-refractivity contribution is 7.49. The minimum atomic E-state index is -4.10. The molecule has 220 valence electrons. The van der Waals surface area contributed by atoms with Gasteiger partial charge in [-0.05, 0) is 123 Å². The van der Waals surface area contributed by atoms with E-state index in [1.807, 2.05) is 54.6 Å². The van der Waals surface area contributed by atoms with Crippen LogP contribution in [0.2, 0.25) is 0 Å². The second kappa shape index (κ2) is 13.5. The molecule has 0 aliphatic heterocycles. The quantitative estimate of drug-likeness (QED) is 0.228. The Morgan fingerprint density at radius 3 is 1.47 bits per heavy atom. The van der Waals surface area contributed by atoms with Crippen LogP contribution in [0, 0.1) is 0 Å². The predicted molar refractivity (Wildman–Crippen MR) is 170 cm³/mol. The zero-order valence-corrected chi connectivity index (χ0v) is 25.2. The third-order valence-electron chi connectivity index (χ3n) is 7.25. The van der Waals surface area contributed by atoms with Crippen LogP contribution < -0.4 is 4.52 Å². The largest absolute Gasteiger partial charge is 0.647 e. The molecule has 7 heteroatoms. The molecule has 0 heterocycles. The van der Waals surface area contributed by atoms with E-state index in [1.54, 1.807) is 60.7 Å². The summed E-state index contributed by atoms with van der Waals surface area (Å²) in [6, 6.07) is 23.2. The number of para-hydroxylation sites is 1. The molecule has 0 fully saturated rings. The van der Waals surface area contributed by atoms with Crippen LogP contribution in [-0.2, 0) is 26.5 Å². The second-order valence-corrected chi connectivity index (χ2v) is 12.1. The Hall–Kier alpha value is -4.67. The number of rotatable bonds is 10. The minimum Gasteiger partial charge on any atom is -0.508 e. The lowest BCUT2D eigenvalue weighted by Gasteiger charge is -2.22. The standard InChI is InChI=1S/C36H35O6P/c1-26(24-28-8-16-32(37)17-9-28)30-12-20-35(21-13-30)41-43(39,40-34-6-4-3-5-7-34)42-36-22-14-31(15-23-36)27(2)25-29-10-18-33(38)19-11-29/h3-12,14,16-23,37-38H,13,15,24-25H2,1-2H3. The molecule has 2 N–H and O–H groups in total. The van der Waals surface area contributed by atoms with Gasteiger partial charge in [-0.2, -0.15) is 4.57 Å². The first-order chi connectivity index (χ1) is 20.7. The fraction of sp³-hybridized carbons (Fsp3) is 0.167. The van der Waals surface area contributed by atoms with Crippen molar-refractivity contribution in [3.05, 3.63) is 160 Å². The molecular formula is C36H35O6P. The zero-order chi connectivity index (χ0) is 30.2. The lowest BCUT2D eigenvalue weighted by molar-refractivity contribution is 0.231. The maximum absolute atomic E-state index is 14.0. The van der Waals surface area contributed by atoms with Crippen molar-refractivity contribution < 1.29 is 28.3 Å². The van der Waals surface area contributed by atoms with Gasteiger partial charge in [-0.1, -0.05) is 65.8 Å². The van der Waals surface area contributed by atoms with Crippen molar-refractivity contribution >= 4 is 7.82 Å². The Bertz CT molecular complexity index is 1570. The first-order valence-electron chi connectivity index (χ1n) is 14.2. The summed E-state index contributed by atoms with van der Waals surface area (Å²) in [7, 11) is -4.10. The van der Waals surface area contributed by atoms with Crippen LogP contribution in [0.4, 0.5) is 0 Å². The van der Waals surface area contributed by atoms with Gasteiger partial charge in [0.05, 0.1) is 0 Å². The Morgan fingerprint density at radius 2 is 1.07 bits per heavy atom. The molecule has 0 bridgehead atoms. The Morgan fingerprint density at radius 1 is 0.628 bits per heavy atom. The van der Waals surface area contributed by atoms with Gasteiger partial charge in [0.25, 0.3) is 0 Å². The number of allylic oxidation sites excluding steroid dienone is 10. The van der Waals surface area contributed by atoms with E-state index in [4.69, 9.17) is 13.6 Å². The van der Waals surface area contributed by atoms with E-state index in [1.165, 1.54) is 11.1 Å². The number of benzene rings is 3. The zero-order valence-electron chi connectivity index (χ0n) is 24.3. The average molecular weight is 595 g/mol. The molecule has 43 heavy (non-hydrogen) atoms. The molecule has 0 aromatic heterocycles. The van der Waals surface area contributed by atoms with Crippen molar-refractivity contribution in [2.45, 2.75) is 39.5 Å². The lowest BCUT2D eigenvalue weighted by Crippen LogP contribution is -2.05. The number of phosphoric ester groups is 1. The number of phenolic OH excluding ortho intramolecular Hbond substituents is 2. The van der Waals surface area contributed by atoms with Gasteiger partial charge in [-0.15, -0.1) is 0 Å². The number of phosphoric acid groups is 1. The van der Waals surface area contributed by atoms with Crippen LogP contribution in [0.5, 0.6) is 17.2 Å². The van der Waals surface area contributed by atoms with Gasteiger partial charge >= 0.3 is 7.82 Å². The molecule has 0 unspecified atom stereocenters. The van der Waals surface area contributed by atoms with E-state index in [0.29, 0.717) is 30.1 Å². The summed E-state index contributed by atoms with van der Waals surface area (Å²) in [6.45, 7) is 4.16. The molecule has 6 nitrogen and oxygen atoms in total. The van der Waals surface area contributed by atoms with Gasteiger partial charge in [-0.25, -0.2) is 0 Å². The number of hydrogen-bond donors (Lipinski definition) is 2. The molecule has 0 spiro atoms. The van der Waals surface area contributed by atoms with Gasteiger partial charge < -0.3 is 23.8 Å². The molecule has 5 rings (SSSR count). The molecule has 0 amide bonds. The molecular weight excluding hydrogens is 559 g/mol. The SMILES string of the molecule is CC(Cc1ccc(O)cc1)=C1C=CC(OP(=O)(OC2=CCC(=C(C)Cc3ccc(O)cc3)C=C2)Oc2ccccc2)=CC1. The van der Waals surface area contributed by atoms with Crippen molar-refractivity contribution in [2.75, 3.05) is 0 Å². The highest BCUT2D eigenvalue weighted by atomic mass is 31.2. The maximum atomic E-state index is 14.0. The van der Waals surface area contributed by atoms with Crippen molar-refractivity contribution in [3.63, 3.8) is 0 Å². The van der Waals surface area contributed by atoms with Gasteiger partial charge in [0.2, 0.25) is 0 Å². The Labute approximate surface area is 252 Å². The Balaban J connectivity index is 1.27. The van der Waals surface area contributed by atoms with E-state index in [9.17, 15) is 14.8 Å². The van der Waals surface area contributed by atoms with Crippen LogP contribution in [0.15, 0.2) is 149 Å². The van der Waals surface area contributed by atoms with E-state index in [-0.39, 0.29) is 11.5 Å². The third-order valence-corrected chi connectivity index (χ3v) is 8.55. The first kappa shape index (κ1) is 29.8. The lowest BCUT2D eigenvalue weighted by atomic mass is 9.96. The Kier molecular flexibility index (Phi) is 9.38. The molecule has 0 radical (unpaired) electrons. The second-order valence-electron chi connectivity index (χ2n) is 10.6. The first-order valence-corrected chi connectivity index (χ1v) is 15.6. The third kappa shape index (κ3) is 8.43. The van der Waals surface area contributed by atoms with Crippen molar-refractivity contribution in [3.8, 4) is 17.2 Å². The summed E-state index contributed by atoms with van der Waals surface area (Å²) in [5.41, 5.74) is 6.89. The summed E-state index contributed by atoms with van der Waals surface area (Å²) in [4.78, 5) is 0. The van der Waals surface area contributed by atoms with Crippen LogP contribution in [0.25, 0.3) is 0 Å². The fourth-order valence-corrected chi connectivity index (χ4v) is 6.10. The average Bonchev–Trinajstić information content (AvgIpc) is 3.00. The summed E-state index contributed by atoms with van der Waals surface area (Å²) in [5.74, 6) is 1.69.